The Morgan fingerprint density at radius 3 is 2.34 bits per heavy atom. The molecule has 186 valence electrons. The second-order valence-electron chi connectivity index (χ2n) is 9.21. The number of aryl methyl sites for hydroxylation is 1. The van der Waals surface area contributed by atoms with Gasteiger partial charge in [-0.15, -0.1) is 0 Å². The van der Waals surface area contributed by atoms with Gasteiger partial charge >= 0.3 is 0 Å². The van der Waals surface area contributed by atoms with Crippen LogP contribution in [0.3, 0.4) is 0 Å². The lowest BCUT2D eigenvalue weighted by molar-refractivity contribution is 0.210. The maximum absolute atomic E-state index is 6.18. The number of fused-ring (bicyclic) bond motifs is 1. The Morgan fingerprint density at radius 2 is 1.69 bits per heavy atom. The molecule has 1 aliphatic heterocycles. The highest BCUT2D eigenvalue weighted by molar-refractivity contribution is 6.28. The van der Waals surface area contributed by atoms with E-state index < -0.39 is 0 Å². The van der Waals surface area contributed by atoms with Crippen LogP contribution in [0.25, 0.3) is 5.69 Å². The summed E-state index contributed by atoms with van der Waals surface area (Å²) in [5.41, 5.74) is 4.54. The average Bonchev–Trinajstić information content (AvgIpc) is 3.53. The largest absolute Gasteiger partial charge is 0.492 e. The van der Waals surface area contributed by atoms with Gasteiger partial charge in [-0.25, -0.2) is 9.97 Å². The van der Waals surface area contributed by atoms with E-state index in [0.29, 0.717) is 24.5 Å². The zero-order valence-electron chi connectivity index (χ0n) is 20.6. The normalized spacial score (nSPS) is 16.3. The van der Waals surface area contributed by atoms with E-state index >= 15 is 0 Å². The first-order valence-corrected chi connectivity index (χ1v) is 13.1. The SMILES string of the molecule is CCOc1cc(CN2CCC(Nc3nc(Cl)nc4c3CCC4)CC2)cc(OCC)c1-n1cccc1. The molecule has 1 fully saturated rings. The number of halogens is 1. The van der Waals surface area contributed by atoms with Crippen molar-refractivity contribution in [3.8, 4) is 17.2 Å². The first-order chi connectivity index (χ1) is 17.1. The molecule has 0 bridgehead atoms. The summed E-state index contributed by atoms with van der Waals surface area (Å²) in [6, 6.07) is 8.76. The van der Waals surface area contributed by atoms with Crippen molar-refractivity contribution in [3.05, 3.63) is 58.8 Å². The molecular weight excluding hydrogens is 462 g/mol. The van der Waals surface area contributed by atoms with E-state index in [0.717, 1.165) is 80.4 Å². The molecule has 1 saturated heterocycles. The fraction of sp³-hybridized carbons (Fsp3) is 0.481. The fourth-order valence-electron chi connectivity index (χ4n) is 5.21. The molecule has 7 nitrogen and oxygen atoms in total. The van der Waals surface area contributed by atoms with E-state index in [4.69, 9.17) is 21.1 Å². The van der Waals surface area contributed by atoms with E-state index in [9.17, 15) is 0 Å². The summed E-state index contributed by atoms with van der Waals surface area (Å²) < 4.78 is 14.2. The summed E-state index contributed by atoms with van der Waals surface area (Å²) in [4.78, 5) is 11.4. The molecule has 3 heterocycles. The third-order valence-corrected chi connectivity index (χ3v) is 6.97. The smallest absolute Gasteiger partial charge is 0.224 e. The molecule has 1 aliphatic carbocycles. The van der Waals surface area contributed by atoms with Crippen LogP contribution >= 0.6 is 11.6 Å². The first-order valence-electron chi connectivity index (χ1n) is 12.7. The average molecular weight is 496 g/mol. The predicted octanol–water partition coefficient (Wildman–Crippen LogP) is 5.28. The van der Waals surface area contributed by atoms with Crippen LogP contribution in [0.1, 0.15) is 49.9 Å². The first kappa shape index (κ1) is 23.9. The number of anilines is 1. The molecule has 0 spiro atoms. The Bertz CT molecular complexity index is 1120. The van der Waals surface area contributed by atoms with Gasteiger partial charge in [0.1, 0.15) is 23.0 Å². The van der Waals surface area contributed by atoms with Crippen LogP contribution in [-0.4, -0.2) is 51.8 Å². The van der Waals surface area contributed by atoms with Gasteiger partial charge in [-0.3, -0.25) is 4.90 Å². The number of rotatable bonds is 9. The molecule has 0 radical (unpaired) electrons. The monoisotopic (exact) mass is 495 g/mol. The molecular formula is C27H34ClN5O2. The molecule has 0 saturated carbocycles. The molecule has 2 aromatic heterocycles. The van der Waals surface area contributed by atoms with Gasteiger partial charge in [-0.05, 0) is 87.4 Å². The lowest BCUT2D eigenvalue weighted by Gasteiger charge is -2.33. The predicted molar refractivity (Wildman–Crippen MR) is 139 cm³/mol. The standard InChI is InChI=1S/C27H34ClN5O2/c1-3-34-23-16-19(17-24(35-4-2)25(23)33-12-5-6-13-33)18-32-14-10-20(11-15-32)29-26-21-8-7-9-22(21)30-27(28)31-26/h5-6,12-13,16-17,20H,3-4,7-11,14-15,18H2,1-2H3,(H,29,30,31). The van der Waals surface area contributed by atoms with E-state index in [1.165, 1.54) is 11.1 Å². The summed E-state index contributed by atoms with van der Waals surface area (Å²) >= 11 is 6.18. The molecule has 0 atom stereocenters. The quantitative estimate of drug-likeness (QED) is 0.407. The summed E-state index contributed by atoms with van der Waals surface area (Å²) in [5, 5.41) is 4.03. The molecule has 2 aliphatic rings. The van der Waals surface area contributed by atoms with Gasteiger partial charge in [0.2, 0.25) is 5.28 Å². The van der Waals surface area contributed by atoms with Crippen molar-refractivity contribution in [2.24, 2.45) is 0 Å². The number of nitrogens with zero attached hydrogens (tertiary/aromatic N) is 4. The van der Waals surface area contributed by atoms with Crippen LogP contribution in [0, 0.1) is 0 Å². The molecule has 5 rings (SSSR count). The van der Waals surface area contributed by atoms with Crippen LogP contribution in [0.4, 0.5) is 5.82 Å². The Kier molecular flexibility index (Phi) is 7.44. The second-order valence-corrected chi connectivity index (χ2v) is 9.55. The summed E-state index contributed by atoms with van der Waals surface area (Å²) in [5.74, 6) is 2.66. The number of ether oxygens (including phenoxy) is 2. The number of benzene rings is 1. The van der Waals surface area contributed by atoms with Crippen LogP contribution in [0.2, 0.25) is 5.28 Å². The second kappa shape index (κ2) is 10.9. The van der Waals surface area contributed by atoms with Gasteiger partial charge in [-0.2, -0.15) is 0 Å². The molecule has 1 N–H and O–H groups in total. The van der Waals surface area contributed by atoms with E-state index in [1.807, 2.05) is 38.4 Å². The van der Waals surface area contributed by atoms with Crippen molar-refractivity contribution in [1.82, 2.24) is 19.4 Å². The van der Waals surface area contributed by atoms with Gasteiger partial charge in [0, 0.05) is 43.6 Å². The zero-order valence-corrected chi connectivity index (χ0v) is 21.4. The molecule has 35 heavy (non-hydrogen) atoms. The van der Waals surface area contributed by atoms with Crippen LogP contribution in [0.15, 0.2) is 36.7 Å². The van der Waals surface area contributed by atoms with Gasteiger partial charge in [0.05, 0.1) is 18.9 Å². The van der Waals surface area contributed by atoms with E-state index in [1.54, 1.807) is 0 Å². The van der Waals surface area contributed by atoms with Gasteiger partial charge in [0.15, 0.2) is 0 Å². The van der Waals surface area contributed by atoms with Crippen molar-refractivity contribution >= 4 is 17.4 Å². The Labute approximate surface area is 212 Å². The highest BCUT2D eigenvalue weighted by Crippen LogP contribution is 2.36. The Hall–Kier alpha value is -2.77. The maximum Gasteiger partial charge on any atom is 0.224 e. The van der Waals surface area contributed by atoms with Gasteiger partial charge in [-0.1, -0.05) is 0 Å². The fourth-order valence-corrected chi connectivity index (χ4v) is 5.39. The van der Waals surface area contributed by atoms with Crippen LogP contribution < -0.4 is 14.8 Å². The summed E-state index contributed by atoms with van der Waals surface area (Å²) in [7, 11) is 0. The van der Waals surface area contributed by atoms with Crippen molar-refractivity contribution in [2.75, 3.05) is 31.6 Å². The van der Waals surface area contributed by atoms with E-state index in [2.05, 4.69) is 36.9 Å². The van der Waals surface area contributed by atoms with Crippen molar-refractivity contribution in [1.29, 1.82) is 0 Å². The highest BCUT2D eigenvalue weighted by atomic mass is 35.5. The Balaban J connectivity index is 1.27. The number of nitrogens with one attached hydrogen (secondary N) is 1. The minimum atomic E-state index is 0.351. The number of likely N-dealkylation sites (tertiary alicyclic amines) is 1. The van der Waals surface area contributed by atoms with E-state index in [-0.39, 0.29) is 0 Å². The third-order valence-electron chi connectivity index (χ3n) is 6.80. The molecule has 1 aromatic carbocycles. The molecule has 3 aromatic rings. The molecule has 0 unspecified atom stereocenters. The topological polar surface area (TPSA) is 64.4 Å². The number of hydrogen-bond acceptors (Lipinski definition) is 6. The minimum Gasteiger partial charge on any atom is -0.492 e. The van der Waals surface area contributed by atoms with Crippen molar-refractivity contribution < 1.29 is 9.47 Å². The molecule has 0 amide bonds. The maximum atomic E-state index is 6.18. The third kappa shape index (κ3) is 5.41. The van der Waals surface area contributed by atoms with Crippen molar-refractivity contribution in [3.63, 3.8) is 0 Å². The lowest BCUT2D eigenvalue weighted by atomic mass is 10.0. The summed E-state index contributed by atoms with van der Waals surface area (Å²) in [6.07, 6.45) is 9.35. The number of aromatic nitrogens is 3. The van der Waals surface area contributed by atoms with Crippen molar-refractivity contribution in [2.45, 2.75) is 58.5 Å². The lowest BCUT2D eigenvalue weighted by Crippen LogP contribution is -2.39. The van der Waals surface area contributed by atoms with Crippen LogP contribution in [-0.2, 0) is 19.4 Å². The summed E-state index contributed by atoms with van der Waals surface area (Å²) in [6.45, 7) is 8.16. The molecule has 8 heteroatoms. The highest BCUT2D eigenvalue weighted by Gasteiger charge is 2.24. The Morgan fingerprint density at radius 1 is 1.00 bits per heavy atom. The van der Waals surface area contributed by atoms with Gasteiger partial charge < -0.3 is 19.4 Å². The van der Waals surface area contributed by atoms with Gasteiger partial charge in [0.25, 0.3) is 0 Å². The minimum absolute atomic E-state index is 0.351. The number of hydrogen-bond donors (Lipinski definition) is 1. The van der Waals surface area contributed by atoms with Crippen LogP contribution in [0.5, 0.6) is 11.5 Å². The number of piperidine rings is 1. The zero-order chi connectivity index (χ0) is 24.2.